The first-order valence-corrected chi connectivity index (χ1v) is 6.65. The number of aliphatic hydroxyl groups is 1. The lowest BCUT2D eigenvalue weighted by molar-refractivity contribution is 0.170. The highest BCUT2D eigenvalue weighted by Crippen LogP contribution is 2.30. The van der Waals surface area contributed by atoms with Crippen molar-refractivity contribution in [1.82, 2.24) is 0 Å². The maximum atomic E-state index is 9.99. The fraction of sp³-hybridized carbons (Fsp3) is 0.235. The molecule has 0 aliphatic rings. The second-order valence-electron chi connectivity index (χ2n) is 4.54. The molecule has 20 heavy (non-hydrogen) atoms. The van der Waals surface area contributed by atoms with Gasteiger partial charge in [-0.3, -0.25) is 0 Å². The molecule has 3 nitrogen and oxygen atoms in total. The van der Waals surface area contributed by atoms with E-state index in [4.69, 9.17) is 10.00 Å². The SMILES string of the molecule is CC[C@H](O)c1ccccc1Oc1ccc(CC#N)cc1. The van der Waals surface area contributed by atoms with Gasteiger partial charge in [0.05, 0.1) is 18.6 Å². The second kappa shape index (κ2) is 6.74. The second-order valence-corrected chi connectivity index (χ2v) is 4.54. The van der Waals surface area contributed by atoms with E-state index in [9.17, 15) is 5.11 Å². The number of para-hydroxylation sites is 1. The molecule has 0 spiro atoms. The Morgan fingerprint density at radius 3 is 2.50 bits per heavy atom. The molecule has 2 aromatic rings. The van der Waals surface area contributed by atoms with Crippen LogP contribution >= 0.6 is 0 Å². The highest BCUT2D eigenvalue weighted by Gasteiger charge is 2.11. The molecule has 0 aliphatic carbocycles. The number of benzene rings is 2. The van der Waals surface area contributed by atoms with Gasteiger partial charge in [-0.15, -0.1) is 0 Å². The van der Waals surface area contributed by atoms with Crippen LogP contribution in [0.2, 0.25) is 0 Å². The Morgan fingerprint density at radius 1 is 1.15 bits per heavy atom. The van der Waals surface area contributed by atoms with Gasteiger partial charge in [0.2, 0.25) is 0 Å². The van der Waals surface area contributed by atoms with Gasteiger partial charge in [0.1, 0.15) is 11.5 Å². The quantitative estimate of drug-likeness (QED) is 0.891. The standard InChI is InChI=1S/C17H17NO2/c1-2-16(19)15-5-3-4-6-17(15)20-14-9-7-13(8-10-14)11-12-18/h3-10,16,19H,2,11H2,1H3/t16-/m0/s1. The predicted molar refractivity (Wildman–Crippen MR) is 77.5 cm³/mol. The lowest BCUT2D eigenvalue weighted by Crippen LogP contribution is -1.98. The maximum absolute atomic E-state index is 9.99. The van der Waals surface area contributed by atoms with Crippen LogP contribution in [0.4, 0.5) is 0 Å². The van der Waals surface area contributed by atoms with Crippen LogP contribution in [-0.2, 0) is 6.42 Å². The fourth-order valence-corrected chi connectivity index (χ4v) is 1.96. The first-order valence-electron chi connectivity index (χ1n) is 6.65. The van der Waals surface area contributed by atoms with E-state index in [0.717, 1.165) is 11.1 Å². The molecule has 102 valence electrons. The largest absolute Gasteiger partial charge is 0.457 e. The van der Waals surface area contributed by atoms with Crippen LogP contribution in [0, 0.1) is 11.3 Å². The van der Waals surface area contributed by atoms with Crippen molar-refractivity contribution in [2.75, 3.05) is 0 Å². The van der Waals surface area contributed by atoms with Crippen LogP contribution in [0.1, 0.15) is 30.6 Å². The minimum atomic E-state index is -0.524. The molecule has 0 unspecified atom stereocenters. The average Bonchev–Trinajstić information content (AvgIpc) is 2.49. The molecule has 0 fully saturated rings. The normalized spacial score (nSPS) is 11.7. The van der Waals surface area contributed by atoms with E-state index in [1.165, 1.54) is 0 Å². The van der Waals surface area contributed by atoms with Gasteiger partial charge in [-0.05, 0) is 30.2 Å². The maximum Gasteiger partial charge on any atom is 0.133 e. The van der Waals surface area contributed by atoms with Crippen molar-refractivity contribution in [2.24, 2.45) is 0 Å². The molecule has 2 rings (SSSR count). The van der Waals surface area contributed by atoms with Crippen LogP contribution in [0.3, 0.4) is 0 Å². The first-order chi connectivity index (χ1) is 9.74. The lowest BCUT2D eigenvalue weighted by atomic mass is 10.1. The smallest absolute Gasteiger partial charge is 0.133 e. The summed E-state index contributed by atoms with van der Waals surface area (Å²) in [5.74, 6) is 1.36. The Kier molecular flexibility index (Phi) is 4.75. The summed E-state index contributed by atoms with van der Waals surface area (Å²) in [6.07, 6.45) is 0.511. The van der Waals surface area contributed by atoms with Crippen LogP contribution in [0.25, 0.3) is 0 Å². The summed E-state index contributed by atoms with van der Waals surface area (Å²) in [6.45, 7) is 1.93. The Labute approximate surface area is 119 Å². The van der Waals surface area contributed by atoms with Crippen molar-refractivity contribution in [1.29, 1.82) is 5.26 Å². The van der Waals surface area contributed by atoms with Gasteiger partial charge in [0.15, 0.2) is 0 Å². The summed E-state index contributed by atoms with van der Waals surface area (Å²) in [4.78, 5) is 0. The molecule has 2 aromatic carbocycles. The zero-order valence-electron chi connectivity index (χ0n) is 11.4. The summed E-state index contributed by atoms with van der Waals surface area (Å²) in [5.41, 5.74) is 1.75. The van der Waals surface area contributed by atoms with Gasteiger partial charge in [0.25, 0.3) is 0 Å². The highest BCUT2D eigenvalue weighted by molar-refractivity contribution is 5.39. The van der Waals surface area contributed by atoms with E-state index in [2.05, 4.69) is 6.07 Å². The van der Waals surface area contributed by atoms with E-state index in [1.54, 1.807) is 0 Å². The highest BCUT2D eigenvalue weighted by atomic mass is 16.5. The van der Waals surface area contributed by atoms with E-state index in [0.29, 0.717) is 24.3 Å². The third-order valence-electron chi connectivity index (χ3n) is 3.10. The van der Waals surface area contributed by atoms with Crippen molar-refractivity contribution >= 4 is 0 Å². The summed E-state index contributed by atoms with van der Waals surface area (Å²) in [6, 6.07) is 17.0. The third-order valence-corrected chi connectivity index (χ3v) is 3.10. The number of nitriles is 1. The minimum Gasteiger partial charge on any atom is -0.457 e. The van der Waals surface area contributed by atoms with Gasteiger partial charge in [-0.2, -0.15) is 5.26 Å². The predicted octanol–water partition coefficient (Wildman–Crippen LogP) is 3.99. The molecule has 0 aromatic heterocycles. The molecule has 3 heteroatoms. The fourth-order valence-electron chi connectivity index (χ4n) is 1.96. The molecular weight excluding hydrogens is 250 g/mol. The van der Waals surface area contributed by atoms with Crippen LogP contribution in [-0.4, -0.2) is 5.11 Å². The molecule has 0 saturated carbocycles. The van der Waals surface area contributed by atoms with Crippen molar-refractivity contribution in [3.05, 3.63) is 59.7 Å². The molecule has 0 bridgehead atoms. The molecule has 1 atom stereocenters. The topological polar surface area (TPSA) is 53.2 Å². The van der Waals surface area contributed by atoms with Gasteiger partial charge in [-0.25, -0.2) is 0 Å². The average molecular weight is 267 g/mol. The zero-order valence-corrected chi connectivity index (χ0v) is 11.4. The third kappa shape index (κ3) is 3.37. The van der Waals surface area contributed by atoms with E-state index < -0.39 is 6.10 Å². The Hall–Kier alpha value is -2.31. The van der Waals surface area contributed by atoms with Crippen LogP contribution in [0.5, 0.6) is 11.5 Å². The first kappa shape index (κ1) is 14.1. The van der Waals surface area contributed by atoms with Crippen molar-refractivity contribution in [3.8, 4) is 17.6 Å². The molecule has 0 saturated heterocycles. The van der Waals surface area contributed by atoms with Crippen LogP contribution in [0.15, 0.2) is 48.5 Å². The number of hydrogen-bond donors (Lipinski definition) is 1. The molecule has 0 heterocycles. The molecule has 1 N–H and O–H groups in total. The summed E-state index contributed by atoms with van der Waals surface area (Å²) in [7, 11) is 0. The zero-order chi connectivity index (χ0) is 14.4. The summed E-state index contributed by atoms with van der Waals surface area (Å²) in [5, 5.41) is 18.6. The Balaban J connectivity index is 2.19. The van der Waals surface area contributed by atoms with E-state index in [1.807, 2.05) is 55.5 Å². The van der Waals surface area contributed by atoms with Gasteiger partial charge >= 0.3 is 0 Å². The number of hydrogen-bond acceptors (Lipinski definition) is 3. The van der Waals surface area contributed by atoms with E-state index in [-0.39, 0.29) is 0 Å². The van der Waals surface area contributed by atoms with Crippen molar-refractivity contribution in [2.45, 2.75) is 25.9 Å². The lowest BCUT2D eigenvalue weighted by Gasteiger charge is -2.14. The van der Waals surface area contributed by atoms with Gasteiger partial charge in [-0.1, -0.05) is 37.3 Å². The Bertz CT molecular complexity index is 599. The van der Waals surface area contributed by atoms with Gasteiger partial charge in [0, 0.05) is 5.56 Å². The van der Waals surface area contributed by atoms with E-state index >= 15 is 0 Å². The van der Waals surface area contributed by atoms with Crippen molar-refractivity contribution in [3.63, 3.8) is 0 Å². The molecule has 0 aliphatic heterocycles. The summed E-state index contributed by atoms with van der Waals surface area (Å²) < 4.78 is 5.82. The monoisotopic (exact) mass is 267 g/mol. The molecule has 0 amide bonds. The Morgan fingerprint density at radius 2 is 1.85 bits per heavy atom. The van der Waals surface area contributed by atoms with Crippen LogP contribution < -0.4 is 4.74 Å². The molecular formula is C17H17NO2. The minimum absolute atomic E-state index is 0.394. The number of rotatable bonds is 5. The van der Waals surface area contributed by atoms with Gasteiger partial charge < -0.3 is 9.84 Å². The molecule has 0 radical (unpaired) electrons. The summed E-state index contributed by atoms with van der Waals surface area (Å²) >= 11 is 0. The number of nitrogens with zero attached hydrogens (tertiary/aromatic N) is 1. The van der Waals surface area contributed by atoms with Crippen molar-refractivity contribution < 1.29 is 9.84 Å². The number of ether oxygens (including phenoxy) is 1. The number of aliphatic hydroxyl groups excluding tert-OH is 1.